The molecule has 0 aromatic heterocycles. The van der Waals surface area contributed by atoms with E-state index in [1.807, 2.05) is 56.3 Å². The zero-order valence-electron chi connectivity index (χ0n) is 15.6. The second-order valence-corrected chi connectivity index (χ2v) is 6.20. The summed E-state index contributed by atoms with van der Waals surface area (Å²) in [7, 11) is 1.63. The summed E-state index contributed by atoms with van der Waals surface area (Å²) in [6.07, 6.45) is 0.266. The summed E-state index contributed by atoms with van der Waals surface area (Å²) >= 11 is 0. The van der Waals surface area contributed by atoms with Gasteiger partial charge in [-0.1, -0.05) is 30.3 Å². The molecule has 1 unspecified atom stereocenters. The van der Waals surface area contributed by atoms with Crippen LogP contribution >= 0.6 is 0 Å². The van der Waals surface area contributed by atoms with Crippen LogP contribution in [0, 0.1) is 0 Å². The molecule has 0 aliphatic rings. The fourth-order valence-electron chi connectivity index (χ4n) is 2.67. The molecule has 0 saturated heterocycles. The molecule has 5 nitrogen and oxygen atoms in total. The maximum atomic E-state index is 12.6. The first kappa shape index (κ1) is 19.5. The van der Waals surface area contributed by atoms with Gasteiger partial charge in [-0.2, -0.15) is 0 Å². The summed E-state index contributed by atoms with van der Waals surface area (Å²) in [5.74, 6) is 0.647. The molecule has 2 amide bonds. The Balaban J connectivity index is 1.89. The summed E-state index contributed by atoms with van der Waals surface area (Å²) < 4.78 is 5.15. The van der Waals surface area contributed by atoms with E-state index >= 15 is 0 Å². The summed E-state index contributed by atoms with van der Waals surface area (Å²) in [5.41, 5.74) is 1.64. The highest BCUT2D eigenvalue weighted by Crippen LogP contribution is 2.14. The topological polar surface area (TPSA) is 58.6 Å². The molecule has 0 radical (unpaired) electrons. The van der Waals surface area contributed by atoms with Crippen LogP contribution in [0.2, 0.25) is 0 Å². The van der Waals surface area contributed by atoms with Crippen LogP contribution in [0.5, 0.6) is 5.75 Å². The first-order valence-electron chi connectivity index (χ1n) is 8.80. The van der Waals surface area contributed by atoms with E-state index in [1.54, 1.807) is 24.1 Å². The molecule has 0 fully saturated rings. The lowest BCUT2D eigenvalue weighted by Gasteiger charge is -2.23. The number of benzene rings is 2. The number of hydrogen-bond donors (Lipinski definition) is 1. The molecule has 26 heavy (non-hydrogen) atoms. The Morgan fingerprint density at radius 2 is 1.73 bits per heavy atom. The number of carbonyl (C=O) groups is 2. The van der Waals surface area contributed by atoms with Crippen LogP contribution in [0.15, 0.2) is 54.6 Å². The first-order chi connectivity index (χ1) is 12.5. The molecule has 0 spiro atoms. The van der Waals surface area contributed by atoms with Gasteiger partial charge >= 0.3 is 0 Å². The number of carbonyl (C=O) groups excluding carboxylic acids is 2. The number of hydrogen-bond acceptors (Lipinski definition) is 3. The van der Waals surface area contributed by atoms with Gasteiger partial charge in [0.15, 0.2) is 0 Å². The average Bonchev–Trinajstić information content (AvgIpc) is 2.67. The molecule has 138 valence electrons. The standard InChI is InChI=1S/C21H26N2O3/c1-4-23(15-17-10-12-19(26-3)13-11-17)20(24)14-16(2)22-21(25)18-8-6-5-7-9-18/h5-13,16H,4,14-15H2,1-3H3,(H,22,25). The van der Waals surface area contributed by atoms with Crippen LogP contribution in [-0.4, -0.2) is 36.4 Å². The highest BCUT2D eigenvalue weighted by Gasteiger charge is 2.17. The highest BCUT2D eigenvalue weighted by molar-refractivity contribution is 5.94. The van der Waals surface area contributed by atoms with Gasteiger partial charge in [-0.15, -0.1) is 0 Å². The summed E-state index contributed by atoms with van der Waals surface area (Å²) in [6.45, 7) is 4.96. The van der Waals surface area contributed by atoms with Crippen molar-refractivity contribution in [3.05, 3.63) is 65.7 Å². The van der Waals surface area contributed by atoms with E-state index < -0.39 is 0 Å². The lowest BCUT2D eigenvalue weighted by Crippen LogP contribution is -2.39. The van der Waals surface area contributed by atoms with Crippen LogP contribution in [0.4, 0.5) is 0 Å². The molecule has 2 rings (SSSR count). The molecule has 1 N–H and O–H groups in total. The fourth-order valence-corrected chi connectivity index (χ4v) is 2.67. The second kappa shape index (κ2) is 9.61. The third-order valence-electron chi connectivity index (χ3n) is 4.16. The van der Waals surface area contributed by atoms with E-state index in [-0.39, 0.29) is 24.3 Å². The van der Waals surface area contributed by atoms with Crippen molar-refractivity contribution < 1.29 is 14.3 Å². The molecule has 2 aromatic carbocycles. The van der Waals surface area contributed by atoms with Gasteiger partial charge in [0.05, 0.1) is 7.11 Å². The Labute approximate surface area is 155 Å². The van der Waals surface area contributed by atoms with Crippen molar-refractivity contribution >= 4 is 11.8 Å². The summed E-state index contributed by atoms with van der Waals surface area (Å²) in [4.78, 5) is 26.5. The average molecular weight is 354 g/mol. The van der Waals surface area contributed by atoms with Crippen molar-refractivity contribution in [3.63, 3.8) is 0 Å². The van der Waals surface area contributed by atoms with Crippen LogP contribution in [-0.2, 0) is 11.3 Å². The molecule has 2 aromatic rings. The SMILES string of the molecule is CCN(Cc1ccc(OC)cc1)C(=O)CC(C)NC(=O)c1ccccc1. The molecule has 5 heteroatoms. The number of nitrogens with one attached hydrogen (secondary N) is 1. The Kier molecular flexibility index (Phi) is 7.21. The predicted octanol–water partition coefficient (Wildman–Crippen LogP) is 3.25. The number of amides is 2. The second-order valence-electron chi connectivity index (χ2n) is 6.20. The lowest BCUT2D eigenvalue weighted by atomic mass is 10.1. The maximum Gasteiger partial charge on any atom is 0.251 e. The van der Waals surface area contributed by atoms with E-state index in [0.717, 1.165) is 11.3 Å². The van der Waals surface area contributed by atoms with Gasteiger partial charge in [-0.25, -0.2) is 0 Å². The van der Waals surface area contributed by atoms with Gasteiger partial charge in [0.2, 0.25) is 5.91 Å². The van der Waals surface area contributed by atoms with Crippen LogP contribution in [0.3, 0.4) is 0 Å². The van der Waals surface area contributed by atoms with Gasteiger partial charge < -0.3 is 15.0 Å². The largest absolute Gasteiger partial charge is 0.497 e. The normalized spacial score (nSPS) is 11.5. The summed E-state index contributed by atoms with van der Waals surface area (Å²) in [5, 5.41) is 2.88. The summed E-state index contributed by atoms with van der Waals surface area (Å²) in [6, 6.07) is 16.5. The molecule has 1 atom stereocenters. The van der Waals surface area contributed by atoms with Gasteiger partial charge in [-0.3, -0.25) is 9.59 Å². The van der Waals surface area contributed by atoms with Crippen molar-refractivity contribution in [2.75, 3.05) is 13.7 Å². The monoisotopic (exact) mass is 354 g/mol. The minimum atomic E-state index is -0.236. The third-order valence-corrected chi connectivity index (χ3v) is 4.16. The maximum absolute atomic E-state index is 12.6. The third kappa shape index (κ3) is 5.62. The Bertz CT molecular complexity index is 714. The van der Waals surface area contributed by atoms with E-state index in [0.29, 0.717) is 18.7 Å². The Morgan fingerprint density at radius 1 is 1.08 bits per heavy atom. The molecule has 0 saturated carbocycles. The van der Waals surface area contributed by atoms with Gasteiger partial charge in [0, 0.05) is 31.1 Å². The Hall–Kier alpha value is -2.82. The van der Waals surface area contributed by atoms with E-state index in [1.165, 1.54) is 0 Å². The zero-order valence-corrected chi connectivity index (χ0v) is 15.6. The van der Waals surface area contributed by atoms with E-state index in [9.17, 15) is 9.59 Å². The predicted molar refractivity (Wildman–Crippen MR) is 102 cm³/mol. The fraction of sp³-hybridized carbons (Fsp3) is 0.333. The highest BCUT2D eigenvalue weighted by atomic mass is 16.5. The molecule has 0 aliphatic carbocycles. The molecule has 0 heterocycles. The van der Waals surface area contributed by atoms with Crippen LogP contribution in [0.25, 0.3) is 0 Å². The molecule has 0 bridgehead atoms. The number of nitrogens with zero attached hydrogens (tertiary/aromatic N) is 1. The number of ether oxygens (including phenoxy) is 1. The number of methoxy groups -OCH3 is 1. The van der Waals surface area contributed by atoms with Gasteiger partial charge in [0.1, 0.15) is 5.75 Å². The molecule has 0 aliphatic heterocycles. The minimum absolute atomic E-state index is 0.0178. The Morgan fingerprint density at radius 3 is 2.31 bits per heavy atom. The van der Waals surface area contributed by atoms with Crippen molar-refractivity contribution in [1.29, 1.82) is 0 Å². The van der Waals surface area contributed by atoms with E-state index in [4.69, 9.17) is 4.74 Å². The zero-order chi connectivity index (χ0) is 18.9. The van der Waals surface area contributed by atoms with Crippen molar-refractivity contribution in [2.24, 2.45) is 0 Å². The quantitative estimate of drug-likeness (QED) is 0.792. The smallest absolute Gasteiger partial charge is 0.251 e. The van der Waals surface area contributed by atoms with Gasteiger partial charge in [0.25, 0.3) is 5.91 Å². The molecular formula is C21H26N2O3. The van der Waals surface area contributed by atoms with Crippen molar-refractivity contribution in [3.8, 4) is 5.75 Å². The van der Waals surface area contributed by atoms with Gasteiger partial charge in [-0.05, 0) is 43.7 Å². The minimum Gasteiger partial charge on any atom is -0.497 e. The molecular weight excluding hydrogens is 328 g/mol. The first-order valence-corrected chi connectivity index (χ1v) is 8.80. The van der Waals surface area contributed by atoms with Crippen molar-refractivity contribution in [2.45, 2.75) is 32.9 Å². The van der Waals surface area contributed by atoms with Crippen LogP contribution < -0.4 is 10.1 Å². The van der Waals surface area contributed by atoms with E-state index in [2.05, 4.69) is 5.32 Å². The number of rotatable bonds is 8. The lowest BCUT2D eigenvalue weighted by molar-refractivity contribution is -0.132. The van der Waals surface area contributed by atoms with Crippen LogP contribution in [0.1, 0.15) is 36.2 Å². The van der Waals surface area contributed by atoms with Crippen molar-refractivity contribution in [1.82, 2.24) is 10.2 Å².